The summed E-state index contributed by atoms with van der Waals surface area (Å²) in [6.07, 6.45) is 7.45. The number of carbonyl (C=O) groups is 2. The molecule has 0 aliphatic carbocycles. The van der Waals surface area contributed by atoms with Gasteiger partial charge in [-0.05, 0) is 31.4 Å². The molecule has 2 aliphatic heterocycles. The van der Waals surface area contributed by atoms with Crippen molar-refractivity contribution >= 4 is 34.7 Å². The molecule has 0 radical (unpaired) electrons. The molecule has 1 aromatic carbocycles. The smallest absolute Gasteiger partial charge is 0.259 e. The largest absolute Gasteiger partial charge is 0.493 e. The number of aryl methyl sites for hydroxylation is 1. The van der Waals surface area contributed by atoms with Crippen molar-refractivity contribution < 1.29 is 14.3 Å². The summed E-state index contributed by atoms with van der Waals surface area (Å²) in [5.41, 5.74) is 2.93. The van der Waals surface area contributed by atoms with Gasteiger partial charge in [0.25, 0.3) is 5.91 Å². The van der Waals surface area contributed by atoms with Gasteiger partial charge in [-0.3, -0.25) is 9.59 Å². The highest BCUT2D eigenvalue weighted by atomic mass is 16.5. The number of nitrogens with zero attached hydrogens (tertiary/aromatic N) is 3. The molecule has 2 amide bonds. The van der Waals surface area contributed by atoms with Gasteiger partial charge in [0.1, 0.15) is 23.7 Å². The first kappa shape index (κ1) is 22.6. The summed E-state index contributed by atoms with van der Waals surface area (Å²) in [6.45, 7) is 3.69. The number of hydrogen-bond acceptors (Lipinski definition) is 7. The minimum absolute atomic E-state index is 0.129. The molecular weight excluding hydrogens is 420 g/mol. The number of benzene rings is 1. The molecule has 2 aliphatic rings. The van der Waals surface area contributed by atoms with Crippen LogP contribution >= 0.6 is 0 Å². The number of hydrogen-bond donors (Lipinski definition) is 3. The summed E-state index contributed by atoms with van der Waals surface area (Å²) in [5.74, 6) is 1.70. The maximum absolute atomic E-state index is 12.6. The van der Waals surface area contributed by atoms with Crippen molar-refractivity contribution in [2.24, 2.45) is 0 Å². The first-order valence-corrected chi connectivity index (χ1v) is 11.4. The Morgan fingerprint density at radius 2 is 1.88 bits per heavy atom. The highest BCUT2D eigenvalue weighted by molar-refractivity contribution is 6.32. The second kappa shape index (κ2) is 10.3. The quantitative estimate of drug-likeness (QED) is 0.564. The standard InChI is InChI=1S/C24H30N6O3/c1-16-8-9-17-13-19(16)33-12-6-4-3-5-7-20(31)30(2)11-10-25-22-21-18(14-26-17)24(32)29-23(21)28-15-27-22/h8-9,13-15,26H,3-7,10-12H2,1-2H3,(H2,25,27,28,29,32)/b18-14-. The number of carbonyl (C=O) groups excluding carboxylic acids is 2. The van der Waals surface area contributed by atoms with Crippen LogP contribution in [0.25, 0.3) is 5.57 Å². The summed E-state index contributed by atoms with van der Waals surface area (Å²) in [7, 11) is 1.81. The van der Waals surface area contributed by atoms with Gasteiger partial charge in [0.15, 0.2) is 0 Å². The molecular formula is C24H30N6O3. The van der Waals surface area contributed by atoms with Crippen LogP contribution in [0, 0.1) is 6.92 Å². The van der Waals surface area contributed by atoms with Gasteiger partial charge in [-0.2, -0.15) is 0 Å². The molecule has 174 valence electrons. The van der Waals surface area contributed by atoms with Crippen LogP contribution in [0.3, 0.4) is 0 Å². The number of anilines is 3. The fourth-order valence-electron chi connectivity index (χ4n) is 3.87. The van der Waals surface area contributed by atoms with Crippen LogP contribution in [-0.2, 0) is 9.59 Å². The molecule has 0 spiro atoms. The van der Waals surface area contributed by atoms with Crippen LogP contribution in [0.15, 0.2) is 30.7 Å². The Morgan fingerprint density at radius 3 is 2.76 bits per heavy atom. The Morgan fingerprint density at radius 1 is 1.06 bits per heavy atom. The van der Waals surface area contributed by atoms with E-state index in [1.807, 2.05) is 32.2 Å². The van der Waals surface area contributed by atoms with Crippen molar-refractivity contribution in [2.45, 2.75) is 39.0 Å². The van der Waals surface area contributed by atoms with E-state index in [0.29, 0.717) is 48.9 Å². The molecule has 4 rings (SSSR count). The maximum Gasteiger partial charge on any atom is 0.259 e. The molecule has 3 N–H and O–H groups in total. The molecule has 33 heavy (non-hydrogen) atoms. The molecule has 9 heteroatoms. The third kappa shape index (κ3) is 5.42. The van der Waals surface area contributed by atoms with Crippen LogP contribution in [0.4, 0.5) is 17.3 Å². The van der Waals surface area contributed by atoms with Gasteiger partial charge in [0, 0.05) is 44.5 Å². The van der Waals surface area contributed by atoms with Crippen molar-refractivity contribution in [3.63, 3.8) is 0 Å². The monoisotopic (exact) mass is 450 g/mol. The number of fused-ring (bicyclic) bond motifs is 2. The zero-order valence-corrected chi connectivity index (χ0v) is 19.1. The molecule has 0 atom stereocenters. The lowest BCUT2D eigenvalue weighted by molar-refractivity contribution is -0.129. The molecule has 0 saturated carbocycles. The lowest BCUT2D eigenvalue weighted by atomic mass is 10.1. The molecule has 2 bridgehead atoms. The number of nitrogens with one attached hydrogen (secondary N) is 3. The van der Waals surface area contributed by atoms with Crippen molar-refractivity contribution in [3.8, 4) is 5.75 Å². The van der Waals surface area contributed by atoms with E-state index < -0.39 is 0 Å². The van der Waals surface area contributed by atoms with Crippen LogP contribution in [0.1, 0.15) is 43.2 Å². The summed E-state index contributed by atoms with van der Waals surface area (Å²) >= 11 is 0. The highest BCUT2D eigenvalue weighted by Gasteiger charge is 2.29. The number of aromatic nitrogens is 2. The summed E-state index contributed by atoms with van der Waals surface area (Å²) in [4.78, 5) is 35.3. The van der Waals surface area contributed by atoms with E-state index in [9.17, 15) is 9.59 Å². The second-order valence-corrected chi connectivity index (χ2v) is 8.34. The third-order valence-electron chi connectivity index (χ3n) is 5.87. The van der Waals surface area contributed by atoms with Crippen molar-refractivity contribution in [1.82, 2.24) is 14.9 Å². The Kier molecular flexibility index (Phi) is 7.07. The Balaban J connectivity index is 1.60. The first-order valence-electron chi connectivity index (χ1n) is 11.4. The number of amides is 2. The van der Waals surface area contributed by atoms with Gasteiger partial charge in [0.05, 0.1) is 17.7 Å². The van der Waals surface area contributed by atoms with E-state index in [1.54, 1.807) is 11.1 Å². The van der Waals surface area contributed by atoms with E-state index in [2.05, 4.69) is 25.9 Å². The number of rotatable bonds is 0. The van der Waals surface area contributed by atoms with Gasteiger partial charge < -0.3 is 25.6 Å². The van der Waals surface area contributed by atoms with Gasteiger partial charge >= 0.3 is 0 Å². The predicted octanol–water partition coefficient (Wildman–Crippen LogP) is 3.40. The highest BCUT2D eigenvalue weighted by Crippen LogP contribution is 2.34. The Hall–Kier alpha value is -3.62. The van der Waals surface area contributed by atoms with Gasteiger partial charge in [-0.1, -0.05) is 18.9 Å². The fourth-order valence-corrected chi connectivity index (χ4v) is 3.87. The number of ether oxygens (including phenoxy) is 1. The van der Waals surface area contributed by atoms with Gasteiger partial charge in [0.2, 0.25) is 5.91 Å². The zero-order chi connectivity index (χ0) is 23.2. The van der Waals surface area contributed by atoms with Crippen molar-refractivity contribution in [2.75, 3.05) is 42.7 Å². The van der Waals surface area contributed by atoms with Crippen LogP contribution in [0.5, 0.6) is 5.75 Å². The second-order valence-electron chi connectivity index (χ2n) is 8.34. The van der Waals surface area contributed by atoms with Crippen LogP contribution in [-0.4, -0.2) is 53.4 Å². The molecule has 0 saturated heterocycles. The summed E-state index contributed by atoms with van der Waals surface area (Å²) < 4.78 is 5.99. The topological polar surface area (TPSA) is 108 Å². The van der Waals surface area contributed by atoms with E-state index in [4.69, 9.17) is 4.74 Å². The minimum Gasteiger partial charge on any atom is -0.493 e. The molecule has 1 aromatic heterocycles. The van der Waals surface area contributed by atoms with Gasteiger partial charge in [-0.25, -0.2) is 9.97 Å². The third-order valence-corrected chi connectivity index (χ3v) is 5.87. The molecule has 9 nitrogen and oxygen atoms in total. The van der Waals surface area contributed by atoms with E-state index in [0.717, 1.165) is 42.7 Å². The van der Waals surface area contributed by atoms with Crippen LogP contribution in [0.2, 0.25) is 0 Å². The predicted molar refractivity (Wildman–Crippen MR) is 128 cm³/mol. The van der Waals surface area contributed by atoms with Crippen molar-refractivity contribution in [3.05, 3.63) is 41.9 Å². The minimum atomic E-state index is -0.251. The zero-order valence-electron chi connectivity index (χ0n) is 19.1. The molecule has 2 aromatic rings. The fraction of sp³-hybridized carbons (Fsp3) is 0.417. The number of likely N-dealkylation sites (N-methyl/N-ethyl adjacent to an activating group) is 1. The average molecular weight is 451 g/mol. The summed E-state index contributed by atoms with van der Waals surface area (Å²) in [6, 6.07) is 5.88. The van der Waals surface area contributed by atoms with Crippen LogP contribution < -0.4 is 20.7 Å². The van der Waals surface area contributed by atoms with E-state index in [1.165, 1.54) is 6.33 Å². The average Bonchev–Trinajstić information content (AvgIpc) is 3.13. The summed E-state index contributed by atoms with van der Waals surface area (Å²) in [5, 5.41) is 9.26. The lowest BCUT2D eigenvalue weighted by Crippen LogP contribution is -2.31. The van der Waals surface area contributed by atoms with E-state index >= 15 is 0 Å². The Labute approximate surface area is 193 Å². The first-order chi connectivity index (χ1) is 16.0. The Bertz CT molecular complexity index is 1070. The molecule has 0 unspecified atom stereocenters. The molecule has 3 heterocycles. The van der Waals surface area contributed by atoms with Crippen molar-refractivity contribution in [1.29, 1.82) is 0 Å². The SMILES string of the molecule is Cc1ccc2cc1OCCCCCCC(=O)N(C)CCNc1ncnc3c1/C(=C/N2)C(=O)N3. The normalized spacial score (nSPS) is 19.2. The maximum atomic E-state index is 12.6. The lowest BCUT2D eigenvalue weighted by Gasteiger charge is -2.18. The molecule has 0 fully saturated rings. The van der Waals surface area contributed by atoms with Gasteiger partial charge in [-0.15, -0.1) is 0 Å². The van der Waals surface area contributed by atoms with E-state index in [-0.39, 0.29) is 11.8 Å².